The lowest BCUT2D eigenvalue weighted by Crippen LogP contribution is -2.18. The minimum atomic E-state index is -0.603. The van der Waals surface area contributed by atoms with E-state index in [0.29, 0.717) is 5.22 Å². The van der Waals surface area contributed by atoms with E-state index in [2.05, 4.69) is 4.98 Å². The minimum Gasteiger partial charge on any atom is -0.440 e. The number of oxazole rings is 1. The Balaban J connectivity index is 2.28. The second-order valence-electron chi connectivity index (χ2n) is 3.67. The van der Waals surface area contributed by atoms with Gasteiger partial charge in [-0.15, -0.1) is 0 Å². The molecule has 3 nitrogen and oxygen atoms in total. The van der Waals surface area contributed by atoms with Crippen molar-refractivity contribution in [1.29, 1.82) is 0 Å². The molecule has 0 amide bonds. The normalized spacial score (nSPS) is 12.0. The minimum absolute atomic E-state index is 0.603. The fourth-order valence-electron chi connectivity index (χ4n) is 0.787. The van der Waals surface area contributed by atoms with Gasteiger partial charge in [0.05, 0.1) is 11.3 Å². The molecule has 0 aliphatic rings. The summed E-state index contributed by atoms with van der Waals surface area (Å²) in [5.74, 6) is 0.823. The van der Waals surface area contributed by atoms with Gasteiger partial charge in [-0.25, -0.2) is 4.98 Å². The first-order valence-corrected chi connectivity index (χ1v) is 5.23. The molecule has 13 heavy (non-hydrogen) atoms. The molecule has 0 aromatic carbocycles. The van der Waals surface area contributed by atoms with Crippen LogP contribution in [-0.2, 0) is 0 Å². The van der Waals surface area contributed by atoms with Gasteiger partial charge in [-0.1, -0.05) is 11.8 Å². The molecule has 0 aliphatic carbocycles. The number of hydrogen-bond donors (Lipinski definition) is 1. The summed E-state index contributed by atoms with van der Waals surface area (Å²) in [5.41, 5.74) is 0.292. The topological polar surface area (TPSA) is 46.3 Å². The van der Waals surface area contributed by atoms with E-state index >= 15 is 0 Å². The van der Waals surface area contributed by atoms with E-state index < -0.39 is 5.60 Å². The van der Waals surface area contributed by atoms with E-state index in [1.807, 2.05) is 6.92 Å². The zero-order valence-corrected chi connectivity index (χ0v) is 9.02. The second kappa shape index (κ2) is 4.15. The third-order valence-corrected chi connectivity index (χ3v) is 2.38. The van der Waals surface area contributed by atoms with Crippen LogP contribution in [0.5, 0.6) is 0 Å². The van der Waals surface area contributed by atoms with Gasteiger partial charge in [0.25, 0.3) is 5.22 Å². The lowest BCUT2D eigenvalue weighted by molar-refractivity contribution is 0.0777. The molecule has 0 bridgehead atoms. The molecule has 0 atom stereocenters. The summed E-state index contributed by atoms with van der Waals surface area (Å²) in [6.45, 7) is 5.49. The SMILES string of the molecule is Cc1coc(SCCC(C)(C)O)n1. The van der Waals surface area contributed by atoms with Gasteiger partial charge in [0, 0.05) is 5.75 Å². The van der Waals surface area contributed by atoms with Crippen molar-refractivity contribution in [3.05, 3.63) is 12.0 Å². The van der Waals surface area contributed by atoms with E-state index in [-0.39, 0.29) is 0 Å². The van der Waals surface area contributed by atoms with E-state index in [1.165, 1.54) is 11.8 Å². The van der Waals surface area contributed by atoms with Crippen LogP contribution in [-0.4, -0.2) is 21.4 Å². The van der Waals surface area contributed by atoms with Crippen LogP contribution in [0.3, 0.4) is 0 Å². The summed E-state index contributed by atoms with van der Waals surface area (Å²) in [6, 6.07) is 0. The van der Waals surface area contributed by atoms with E-state index in [1.54, 1.807) is 20.1 Å². The average molecular weight is 201 g/mol. The van der Waals surface area contributed by atoms with Crippen molar-refractivity contribution in [3.63, 3.8) is 0 Å². The number of thioether (sulfide) groups is 1. The Hall–Kier alpha value is -0.480. The molecule has 1 N–H and O–H groups in total. The van der Waals surface area contributed by atoms with Crippen LogP contribution in [0.2, 0.25) is 0 Å². The number of hydrogen-bond acceptors (Lipinski definition) is 4. The van der Waals surface area contributed by atoms with Crippen molar-refractivity contribution in [1.82, 2.24) is 4.98 Å². The second-order valence-corrected chi connectivity index (χ2v) is 4.71. The predicted octanol–water partition coefficient (Wildman–Crippen LogP) is 2.24. The van der Waals surface area contributed by atoms with Crippen LogP contribution in [0.1, 0.15) is 26.0 Å². The average Bonchev–Trinajstić information content (AvgIpc) is 2.33. The van der Waals surface area contributed by atoms with Gasteiger partial charge in [0.1, 0.15) is 6.26 Å². The fraction of sp³-hybridized carbons (Fsp3) is 0.667. The van der Waals surface area contributed by atoms with Gasteiger partial charge < -0.3 is 9.52 Å². The van der Waals surface area contributed by atoms with E-state index in [4.69, 9.17) is 4.42 Å². The molecule has 1 aromatic rings. The van der Waals surface area contributed by atoms with Crippen LogP contribution in [0, 0.1) is 6.92 Å². The van der Waals surface area contributed by atoms with Crippen molar-refractivity contribution >= 4 is 11.8 Å². The van der Waals surface area contributed by atoms with Crippen molar-refractivity contribution in [2.24, 2.45) is 0 Å². The summed E-state index contributed by atoms with van der Waals surface area (Å²) in [6.07, 6.45) is 2.37. The molecule has 0 saturated heterocycles. The molecule has 0 fully saturated rings. The highest BCUT2D eigenvalue weighted by Gasteiger charge is 2.12. The number of nitrogens with zero attached hydrogens (tertiary/aromatic N) is 1. The molecule has 4 heteroatoms. The van der Waals surface area contributed by atoms with Crippen LogP contribution in [0.15, 0.2) is 15.9 Å². The van der Waals surface area contributed by atoms with Crippen molar-refractivity contribution in [2.75, 3.05) is 5.75 Å². The monoisotopic (exact) mass is 201 g/mol. The standard InChI is InChI=1S/C9H15NO2S/c1-7-6-12-8(10-7)13-5-4-9(2,3)11/h6,11H,4-5H2,1-3H3. The first-order chi connectivity index (χ1) is 5.97. The molecule has 1 heterocycles. The summed E-state index contributed by atoms with van der Waals surface area (Å²) in [7, 11) is 0. The molecule has 0 spiro atoms. The largest absolute Gasteiger partial charge is 0.440 e. The zero-order valence-electron chi connectivity index (χ0n) is 8.20. The molecular formula is C9H15NO2S. The highest BCUT2D eigenvalue weighted by atomic mass is 32.2. The quantitative estimate of drug-likeness (QED) is 0.759. The summed E-state index contributed by atoms with van der Waals surface area (Å²) in [4.78, 5) is 4.14. The Morgan fingerprint density at radius 2 is 2.31 bits per heavy atom. The van der Waals surface area contributed by atoms with Gasteiger partial charge in [0.2, 0.25) is 0 Å². The van der Waals surface area contributed by atoms with Crippen LogP contribution < -0.4 is 0 Å². The highest BCUT2D eigenvalue weighted by molar-refractivity contribution is 7.99. The van der Waals surface area contributed by atoms with E-state index in [0.717, 1.165) is 17.9 Å². The lowest BCUT2D eigenvalue weighted by Gasteiger charge is -2.15. The molecular weight excluding hydrogens is 186 g/mol. The Morgan fingerprint density at radius 3 is 2.77 bits per heavy atom. The Morgan fingerprint density at radius 1 is 1.62 bits per heavy atom. The number of rotatable bonds is 4. The smallest absolute Gasteiger partial charge is 0.255 e. The fourth-order valence-corrected chi connectivity index (χ4v) is 1.89. The Labute approximate surface area is 82.6 Å². The number of aryl methyl sites for hydroxylation is 1. The summed E-state index contributed by atoms with van der Waals surface area (Å²) in [5, 5.41) is 10.1. The van der Waals surface area contributed by atoms with Gasteiger partial charge in [0.15, 0.2) is 0 Å². The molecule has 0 radical (unpaired) electrons. The third-order valence-electron chi connectivity index (χ3n) is 1.54. The van der Waals surface area contributed by atoms with Crippen molar-refractivity contribution in [2.45, 2.75) is 38.0 Å². The van der Waals surface area contributed by atoms with Crippen molar-refractivity contribution in [3.8, 4) is 0 Å². The van der Waals surface area contributed by atoms with Gasteiger partial charge >= 0.3 is 0 Å². The Kier molecular flexibility index (Phi) is 3.39. The van der Waals surface area contributed by atoms with Crippen molar-refractivity contribution < 1.29 is 9.52 Å². The molecule has 1 aromatic heterocycles. The predicted molar refractivity (Wildman–Crippen MR) is 52.9 cm³/mol. The van der Waals surface area contributed by atoms with Crippen LogP contribution >= 0.6 is 11.8 Å². The first-order valence-electron chi connectivity index (χ1n) is 4.25. The maximum Gasteiger partial charge on any atom is 0.255 e. The summed E-state index contributed by atoms with van der Waals surface area (Å²) < 4.78 is 5.15. The number of aromatic nitrogens is 1. The van der Waals surface area contributed by atoms with Gasteiger partial charge in [-0.05, 0) is 27.2 Å². The van der Waals surface area contributed by atoms with Crippen LogP contribution in [0.4, 0.5) is 0 Å². The molecule has 0 saturated carbocycles. The Bertz CT molecular complexity index is 265. The van der Waals surface area contributed by atoms with Gasteiger partial charge in [-0.2, -0.15) is 0 Å². The van der Waals surface area contributed by atoms with Crippen LogP contribution in [0.25, 0.3) is 0 Å². The maximum absolute atomic E-state index is 9.44. The maximum atomic E-state index is 9.44. The number of aliphatic hydroxyl groups is 1. The molecule has 0 unspecified atom stereocenters. The molecule has 74 valence electrons. The molecule has 0 aliphatic heterocycles. The first kappa shape index (κ1) is 10.6. The highest BCUT2D eigenvalue weighted by Crippen LogP contribution is 2.20. The zero-order chi connectivity index (χ0) is 9.90. The third kappa shape index (κ3) is 4.33. The summed E-state index contributed by atoms with van der Waals surface area (Å²) >= 11 is 1.53. The lowest BCUT2D eigenvalue weighted by atomic mass is 10.1. The molecule has 1 rings (SSSR count). The van der Waals surface area contributed by atoms with Gasteiger partial charge in [-0.3, -0.25) is 0 Å². The van der Waals surface area contributed by atoms with E-state index in [9.17, 15) is 5.11 Å².